The second-order valence-corrected chi connectivity index (χ2v) is 5.33. The maximum atomic E-state index is 13.3. The van der Waals surface area contributed by atoms with Crippen molar-refractivity contribution in [1.82, 2.24) is 0 Å². The van der Waals surface area contributed by atoms with Crippen LogP contribution in [0, 0.1) is 11.6 Å². The van der Waals surface area contributed by atoms with Gasteiger partial charge in [0, 0.05) is 6.42 Å². The van der Waals surface area contributed by atoms with Crippen LogP contribution in [0.5, 0.6) is 0 Å². The molecule has 20 heavy (non-hydrogen) atoms. The quantitative estimate of drug-likeness (QED) is 0.723. The first-order chi connectivity index (χ1) is 9.43. The molecule has 7 heteroatoms. The van der Waals surface area contributed by atoms with Crippen LogP contribution in [-0.2, 0) is 25.1 Å². The first-order valence-electron chi connectivity index (χ1n) is 5.94. The number of Topliss-reactive ketones (excluding diaryl/α,β-unsaturated/α-hetero) is 1. The van der Waals surface area contributed by atoms with Crippen LogP contribution in [0.25, 0.3) is 0 Å². The molecule has 1 aromatic carbocycles. The molecule has 1 rings (SSSR count). The lowest BCUT2D eigenvalue weighted by molar-refractivity contribution is -0.144. The molecule has 0 aliphatic carbocycles. The van der Waals surface area contributed by atoms with Crippen molar-refractivity contribution >= 4 is 22.6 Å². The average Bonchev–Trinajstić information content (AvgIpc) is 2.39. The van der Waals surface area contributed by atoms with Crippen LogP contribution in [0.15, 0.2) is 23.1 Å². The van der Waals surface area contributed by atoms with Crippen molar-refractivity contribution < 1.29 is 27.3 Å². The average molecular weight is 304 g/mol. The minimum atomic E-state index is -1.97. The molecule has 0 N–H and O–H groups in total. The monoisotopic (exact) mass is 304 g/mol. The molecule has 0 fully saturated rings. The van der Waals surface area contributed by atoms with Gasteiger partial charge < -0.3 is 4.74 Å². The third-order valence-corrected chi connectivity index (χ3v) is 3.73. The van der Waals surface area contributed by atoms with Gasteiger partial charge in [0.1, 0.15) is 17.4 Å². The molecule has 0 amide bonds. The van der Waals surface area contributed by atoms with Crippen LogP contribution in [-0.4, -0.2) is 28.3 Å². The molecule has 0 radical (unpaired) electrons. The molecule has 1 aromatic rings. The van der Waals surface area contributed by atoms with Crippen molar-refractivity contribution in [2.45, 2.75) is 24.7 Å². The number of benzene rings is 1. The Morgan fingerprint density at radius 2 is 1.95 bits per heavy atom. The van der Waals surface area contributed by atoms with Gasteiger partial charge in [-0.2, -0.15) is 0 Å². The van der Waals surface area contributed by atoms with E-state index in [0.717, 1.165) is 18.2 Å². The zero-order valence-corrected chi connectivity index (χ0v) is 11.7. The number of ether oxygens (including phenoxy) is 1. The molecule has 0 bridgehead atoms. The second kappa shape index (κ2) is 7.84. The van der Waals surface area contributed by atoms with Gasteiger partial charge in [0.25, 0.3) is 0 Å². The maximum Gasteiger partial charge on any atom is 0.306 e. The standard InChI is InChI=1S/C13H14F2O4S/c1-2-19-13(17)6-4-10(16)8-20(18)12-7-9(14)3-5-11(12)15/h3,5,7H,2,4,6,8H2,1H3. The van der Waals surface area contributed by atoms with E-state index in [9.17, 15) is 22.6 Å². The van der Waals surface area contributed by atoms with Gasteiger partial charge in [-0.1, -0.05) is 0 Å². The van der Waals surface area contributed by atoms with Crippen molar-refractivity contribution in [2.24, 2.45) is 0 Å². The van der Waals surface area contributed by atoms with E-state index >= 15 is 0 Å². The Morgan fingerprint density at radius 1 is 1.25 bits per heavy atom. The fourth-order valence-electron chi connectivity index (χ4n) is 1.42. The third-order valence-electron chi connectivity index (χ3n) is 2.34. The number of ketones is 1. The van der Waals surface area contributed by atoms with Gasteiger partial charge in [0.15, 0.2) is 0 Å². The predicted octanol–water partition coefficient (Wildman–Crippen LogP) is 1.98. The van der Waals surface area contributed by atoms with Gasteiger partial charge >= 0.3 is 5.97 Å². The van der Waals surface area contributed by atoms with E-state index in [1.165, 1.54) is 0 Å². The van der Waals surface area contributed by atoms with Crippen LogP contribution in [0.1, 0.15) is 19.8 Å². The molecule has 0 aliphatic rings. The summed E-state index contributed by atoms with van der Waals surface area (Å²) in [5.41, 5.74) is 0. The van der Waals surface area contributed by atoms with E-state index in [-0.39, 0.29) is 24.3 Å². The third kappa shape index (κ3) is 5.16. The topological polar surface area (TPSA) is 60.4 Å². The lowest BCUT2D eigenvalue weighted by Gasteiger charge is -2.04. The molecule has 0 heterocycles. The van der Waals surface area contributed by atoms with Gasteiger partial charge in [-0.05, 0) is 25.1 Å². The Morgan fingerprint density at radius 3 is 2.60 bits per heavy atom. The van der Waals surface area contributed by atoms with Crippen molar-refractivity contribution in [3.8, 4) is 0 Å². The van der Waals surface area contributed by atoms with Crippen molar-refractivity contribution in [3.05, 3.63) is 29.8 Å². The number of hydrogen-bond donors (Lipinski definition) is 0. The summed E-state index contributed by atoms with van der Waals surface area (Å²) >= 11 is 0. The molecule has 4 nitrogen and oxygen atoms in total. The van der Waals surface area contributed by atoms with Gasteiger partial charge in [0.2, 0.25) is 0 Å². The molecule has 0 aromatic heterocycles. The van der Waals surface area contributed by atoms with Gasteiger partial charge in [0.05, 0.1) is 34.5 Å². The lowest BCUT2D eigenvalue weighted by atomic mass is 10.2. The van der Waals surface area contributed by atoms with Gasteiger partial charge in [-0.15, -0.1) is 0 Å². The number of hydrogen-bond acceptors (Lipinski definition) is 4. The number of carbonyl (C=O) groups excluding carboxylic acids is 2. The molecule has 0 saturated heterocycles. The Labute approximate surface area is 117 Å². The van der Waals surface area contributed by atoms with E-state index in [1.807, 2.05) is 0 Å². The summed E-state index contributed by atoms with van der Waals surface area (Å²) in [6.07, 6.45) is -0.253. The van der Waals surface area contributed by atoms with E-state index in [0.29, 0.717) is 0 Å². The summed E-state index contributed by atoms with van der Waals surface area (Å²) in [7, 11) is -1.97. The molecule has 1 unspecified atom stereocenters. The lowest BCUT2D eigenvalue weighted by Crippen LogP contribution is -2.14. The maximum absolute atomic E-state index is 13.3. The predicted molar refractivity (Wildman–Crippen MR) is 68.5 cm³/mol. The van der Waals surface area contributed by atoms with Gasteiger partial charge in [-0.3, -0.25) is 13.8 Å². The first kappa shape index (κ1) is 16.4. The number of rotatable bonds is 7. The van der Waals surface area contributed by atoms with E-state index in [2.05, 4.69) is 4.74 Å². The van der Waals surface area contributed by atoms with Crippen LogP contribution in [0.3, 0.4) is 0 Å². The Kier molecular flexibility index (Phi) is 6.44. The number of esters is 1. The highest BCUT2D eigenvalue weighted by Crippen LogP contribution is 2.14. The molecule has 0 saturated carbocycles. The number of carbonyl (C=O) groups is 2. The summed E-state index contributed by atoms with van der Waals surface area (Å²) in [6, 6.07) is 2.55. The first-order valence-corrected chi connectivity index (χ1v) is 7.26. The van der Waals surface area contributed by atoms with Crippen molar-refractivity contribution in [1.29, 1.82) is 0 Å². The molecule has 1 atom stereocenters. The highest BCUT2D eigenvalue weighted by atomic mass is 32.2. The molecular formula is C13H14F2O4S. The van der Waals surface area contributed by atoms with E-state index in [4.69, 9.17) is 0 Å². The summed E-state index contributed by atoms with van der Waals surface area (Å²) in [6.45, 7) is 1.86. The Balaban J connectivity index is 2.55. The normalized spacial score (nSPS) is 11.9. The van der Waals surface area contributed by atoms with Crippen LogP contribution >= 0.6 is 0 Å². The zero-order chi connectivity index (χ0) is 15.1. The fourth-order valence-corrected chi connectivity index (χ4v) is 2.54. The molecular weight excluding hydrogens is 290 g/mol. The van der Waals surface area contributed by atoms with Crippen molar-refractivity contribution in [3.63, 3.8) is 0 Å². The summed E-state index contributed by atoms with van der Waals surface area (Å²) in [4.78, 5) is 22.2. The molecule has 0 spiro atoms. The Bertz CT molecular complexity index is 531. The molecule has 0 aliphatic heterocycles. The minimum Gasteiger partial charge on any atom is -0.466 e. The highest BCUT2D eigenvalue weighted by Gasteiger charge is 2.16. The van der Waals surface area contributed by atoms with Crippen LogP contribution in [0.2, 0.25) is 0 Å². The van der Waals surface area contributed by atoms with Crippen molar-refractivity contribution in [2.75, 3.05) is 12.4 Å². The Hall–Kier alpha value is -1.63. The molecule has 110 valence electrons. The second-order valence-electron chi connectivity index (χ2n) is 3.91. The van der Waals surface area contributed by atoms with Crippen LogP contribution in [0.4, 0.5) is 8.78 Å². The van der Waals surface area contributed by atoms with Crippen LogP contribution < -0.4 is 0 Å². The zero-order valence-electron chi connectivity index (χ0n) is 10.9. The largest absolute Gasteiger partial charge is 0.466 e. The highest BCUT2D eigenvalue weighted by molar-refractivity contribution is 7.85. The SMILES string of the molecule is CCOC(=O)CCC(=O)CS(=O)c1cc(F)ccc1F. The summed E-state index contributed by atoms with van der Waals surface area (Å²) < 4.78 is 42.7. The summed E-state index contributed by atoms with van der Waals surface area (Å²) in [5.74, 6) is -3.01. The van der Waals surface area contributed by atoms with Gasteiger partial charge in [-0.25, -0.2) is 8.78 Å². The summed E-state index contributed by atoms with van der Waals surface area (Å²) in [5, 5.41) is 0. The van der Waals surface area contributed by atoms with E-state index in [1.54, 1.807) is 6.92 Å². The minimum absolute atomic E-state index is 0.116. The number of halogens is 2. The smallest absolute Gasteiger partial charge is 0.306 e. The fraction of sp³-hybridized carbons (Fsp3) is 0.385. The van der Waals surface area contributed by atoms with E-state index < -0.39 is 39.9 Å².